The Bertz CT molecular complexity index is 424. The van der Waals surface area contributed by atoms with E-state index in [1.807, 2.05) is 13.0 Å². The zero-order valence-corrected chi connectivity index (χ0v) is 11.5. The largest absolute Gasteiger partial charge is 0.385 e. The summed E-state index contributed by atoms with van der Waals surface area (Å²) >= 11 is 0. The zero-order chi connectivity index (χ0) is 13.4. The number of carbonyl (C=O) groups excluding carboxylic acids is 1. The minimum absolute atomic E-state index is 0.171. The molecule has 0 saturated carbocycles. The van der Waals surface area contributed by atoms with Crippen LogP contribution in [0.15, 0.2) is 18.3 Å². The van der Waals surface area contributed by atoms with Gasteiger partial charge in [0.1, 0.15) is 5.69 Å². The lowest BCUT2D eigenvalue weighted by Crippen LogP contribution is -2.23. The standard InChI is InChI=1S/C12H19N3O2S/c1-3-13-12(16)11-9-10(5-7-15-11)14-6-4-8-18(2)17/h5,7,9H,3-4,6,8H2,1-2H3,(H,13,16)(H,14,15). The molecule has 0 aliphatic heterocycles. The van der Waals surface area contributed by atoms with Crippen LogP contribution in [0.4, 0.5) is 5.69 Å². The molecule has 18 heavy (non-hydrogen) atoms. The minimum Gasteiger partial charge on any atom is -0.385 e. The molecule has 2 N–H and O–H groups in total. The molecule has 1 amide bonds. The molecule has 1 aromatic heterocycles. The molecule has 1 heterocycles. The Balaban J connectivity index is 2.49. The molecule has 5 nitrogen and oxygen atoms in total. The van der Waals surface area contributed by atoms with Crippen LogP contribution >= 0.6 is 0 Å². The number of aromatic nitrogens is 1. The van der Waals surface area contributed by atoms with Crippen LogP contribution in [-0.2, 0) is 10.8 Å². The molecule has 0 aliphatic rings. The van der Waals surface area contributed by atoms with Gasteiger partial charge in [-0.25, -0.2) is 0 Å². The van der Waals surface area contributed by atoms with Crippen LogP contribution in [0.1, 0.15) is 23.8 Å². The highest BCUT2D eigenvalue weighted by molar-refractivity contribution is 7.84. The summed E-state index contributed by atoms with van der Waals surface area (Å²) in [6.45, 7) is 3.18. The van der Waals surface area contributed by atoms with Gasteiger partial charge < -0.3 is 10.6 Å². The fraction of sp³-hybridized carbons (Fsp3) is 0.500. The molecule has 0 radical (unpaired) electrons. The molecule has 1 atom stereocenters. The van der Waals surface area contributed by atoms with Crippen molar-refractivity contribution in [3.8, 4) is 0 Å². The van der Waals surface area contributed by atoms with Crippen molar-refractivity contribution in [1.29, 1.82) is 0 Å². The Kier molecular flexibility index (Phi) is 6.35. The Morgan fingerprint density at radius 1 is 1.50 bits per heavy atom. The van der Waals surface area contributed by atoms with Gasteiger partial charge in [0.05, 0.1) is 0 Å². The number of nitrogens with zero attached hydrogens (tertiary/aromatic N) is 1. The van der Waals surface area contributed by atoms with Crippen LogP contribution in [0.2, 0.25) is 0 Å². The summed E-state index contributed by atoms with van der Waals surface area (Å²) < 4.78 is 10.9. The van der Waals surface area contributed by atoms with Gasteiger partial charge >= 0.3 is 0 Å². The third kappa shape index (κ3) is 5.27. The molecular formula is C12H19N3O2S. The predicted octanol–water partition coefficient (Wildman–Crippen LogP) is 1.01. The van der Waals surface area contributed by atoms with Crippen molar-refractivity contribution in [3.05, 3.63) is 24.0 Å². The number of amides is 1. The maximum absolute atomic E-state index is 11.6. The van der Waals surface area contributed by atoms with Gasteiger partial charge in [-0.15, -0.1) is 0 Å². The van der Waals surface area contributed by atoms with Gasteiger partial charge in [-0.05, 0) is 25.5 Å². The molecule has 0 bridgehead atoms. The first kappa shape index (κ1) is 14.6. The van der Waals surface area contributed by atoms with E-state index in [1.165, 1.54) is 0 Å². The van der Waals surface area contributed by atoms with Gasteiger partial charge in [0, 0.05) is 47.8 Å². The second-order valence-corrected chi connectivity index (χ2v) is 5.40. The van der Waals surface area contributed by atoms with Crippen LogP contribution in [0.5, 0.6) is 0 Å². The Labute approximate surface area is 110 Å². The first-order chi connectivity index (χ1) is 8.63. The SMILES string of the molecule is CCNC(=O)c1cc(NCCCS(C)=O)ccn1. The average Bonchev–Trinajstić information content (AvgIpc) is 2.35. The minimum atomic E-state index is -0.754. The van der Waals surface area contributed by atoms with Crippen LogP contribution in [-0.4, -0.2) is 40.2 Å². The number of anilines is 1. The number of rotatable bonds is 7. The first-order valence-electron chi connectivity index (χ1n) is 5.91. The summed E-state index contributed by atoms with van der Waals surface area (Å²) in [6, 6.07) is 3.53. The van der Waals surface area contributed by atoms with E-state index in [0.717, 1.165) is 18.7 Å². The third-order valence-electron chi connectivity index (χ3n) is 2.27. The van der Waals surface area contributed by atoms with E-state index in [2.05, 4.69) is 15.6 Å². The topological polar surface area (TPSA) is 71.1 Å². The summed E-state index contributed by atoms with van der Waals surface area (Å²) in [7, 11) is -0.754. The van der Waals surface area contributed by atoms with Crippen molar-refractivity contribution in [2.45, 2.75) is 13.3 Å². The van der Waals surface area contributed by atoms with E-state index >= 15 is 0 Å². The second-order valence-electron chi connectivity index (χ2n) is 3.85. The van der Waals surface area contributed by atoms with Crippen molar-refractivity contribution in [2.75, 3.05) is 30.4 Å². The molecule has 0 aliphatic carbocycles. The summed E-state index contributed by atoms with van der Waals surface area (Å²) in [5.74, 6) is 0.511. The van der Waals surface area contributed by atoms with Crippen LogP contribution in [0, 0.1) is 0 Å². The smallest absolute Gasteiger partial charge is 0.269 e. The van der Waals surface area contributed by atoms with Gasteiger partial charge in [-0.1, -0.05) is 0 Å². The van der Waals surface area contributed by atoms with Crippen LogP contribution in [0.3, 0.4) is 0 Å². The molecular weight excluding hydrogens is 250 g/mol. The number of carbonyl (C=O) groups is 1. The molecule has 1 aromatic rings. The average molecular weight is 269 g/mol. The Hall–Kier alpha value is -1.43. The van der Waals surface area contributed by atoms with Gasteiger partial charge in [-0.3, -0.25) is 14.0 Å². The van der Waals surface area contributed by atoms with E-state index in [4.69, 9.17) is 0 Å². The normalized spacial score (nSPS) is 11.9. The summed E-state index contributed by atoms with van der Waals surface area (Å²) in [5.41, 5.74) is 1.26. The van der Waals surface area contributed by atoms with Crippen LogP contribution < -0.4 is 10.6 Å². The summed E-state index contributed by atoms with van der Waals surface area (Å²) in [5, 5.41) is 5.88. The van der Waals surface area contributed by atoms with Crippen molar-refractivity contribution < 1.29 is 9.00 Å². The van der Waals surface area contributed by atoms with Crippen molar-refractivity contribution in [2.24, 2.45) is 0 Å². The second kappa shape index (κ2) is 7.81. The highest BCUT2D eigenvalue weighted by atomic mass is 32.2. The van der Waals surface area contributed by atoms with Gasteiger partial charge in [0.25, 0.3) is 5.91 Å². The molecule has 1 rings (SSSR count). The monoisotopic (exact) mass is 269 g/mol. The lowest BCUT2D eigenvalue weighted by Gasteiger charge is -2.07. The quantitative estimate of drug-likeness (QED) is 0.725. The van der Waals surface area contributed by atoms with E-state index < -0.39 is 10.8 Å². The number of pyridine rings is 1. The fourth-order valence-corrected chi connectivity index (χ4v) is 1.97. The summed E-state index contributed by atoms with van der Waals surface area (Å²) in [6.07, 6.45) is 4.13. The molecule has 0 saturated heterocycles. The first-order valence-corrected chi connectivity index (χ1v) is 7.64. The highest BCUT2D eigenvalue weighted by Crippen LogP contribution is 2.07. The number of hydrogen-bond acceptors (Lipinski definition) is 4. The summed E-state index contributed by atoms with van der Waals surface area (Å²) in [4.78, 5) is 15.6. The third-order valence-corrected chi connectivity index (χ3v) is 3.13. The lowest BCUT2D eigenvalue weighted by molar-refractivity contribution is 0.0951. The lowest BCUT2D eigenvalue weighted by atomic mass is 10.3. The highest BCUT2D eigenvalue weighted by Gasteiger charge is 2.05. The molecule has 0 spiro atoms. The maximum atomic E-state index is 11.6. The molecule has 0 aromatic carbocycles. The molecule has 100 valence electrons. The fourth-order valence-electron chi connectivity index (χ4n) is 1.42. The molecule has 0 fully saturated rings. The predicted molar refractivity (Wildman–Crippen MR) is 74.3 cm³/mol. The van der Waals surface area contributed by atoms with Crippen molar-refractivity contribution in [1.82, 2.24) is 10.3 Å². The van der Waals surface area contributed by atoms with Crippen LogP contribution in [0.25, 0.3) is 0 Å². The van der Waals surface area contributed by atoms with Crippen molar-refractivity contribution in [3.63, 3.8) is 0 Å². The number of hydrogen-bond donors (Lipinski definition) is 2. The van der Waals surface area contributed by atoms with Gasteiger partial charge in [-0.2, -0.15) is 0 Å². The Morgan fingerprint density at radius 3 is 2.94 bits per heavy atom. The van der Waals surface area contributed by atoms with Gasteiger partial charge in [0.2, 0.25) is 0 Å². The molecule has 1 unspecified atom stereocenters. The maximum Gasteiger partial charge on any atom is 0.269 e. The van der Waals surface area contributed by atoms with E-state index in [-0.39, 0.29) is 5.91 Å². The van der Waals surface area contributed by atoms with Crippen molar-refractivity contribution >= 4 is 22.4 Å². The zero-order valence-electron chi connectivity index (χ0n) is 10.7. The number of nitrogens with one attached hydrogen (secondary N) is 2. The molecule has 6 heteroatoms. The van der Waals surface area contributed by atoms with E-state index in [0.29, 0.717) is 18.0 Å². The Morgan fingerprint density at radius 2 is 2.28 bits per heavy atom. The van der Waals surface area contributed by atoms with E-state index in [1.54, 1.807) is 18.5 Å². The van der Waals surface area contributed by atoms with Gasteiger partial charge in [0.15, 0.2) is 0 Å². The van der Waals surface area contributed by atoms with E-state index in [9.17, 15) is 9.00 Å².